The molecule has 15 heavy (non-hydrogen) atoms. The van der Waals surface area contributed by atoms with Gasteiger partial charge in [0.1, 0.15) is 6.54 Å². The molecule has 0 unspecified atom stereocenters. The van der Waals surface area contributed by atoms with Crippen LogP contribution in [0.25, 0.3) is 11.0 Å². The number of hydrogen-bond donors (Lipinski definition) is 1. The molecule has 0 atom stereocenters. The third-order valence-corrected chi connectivity index (χ3v) is 2.52. The van der Waals surface area contributed by atoms with Crippen LogP contribution in [0.2, 0.25) is 5.28 Å². The van der Waals surface area contributed by atoms with Crippen LogP contribution in [-0.4, -0.2) is 20.6 Å². The summed E-state index contributed by atoms with van der Waals surface area (Å²) in [5.74, 6) is -0.933. The summed E-state index contributed by atoms with van der Waals surface area (Å²) in [5, 5.41) is 8.94. The minimum absolute atomic E-state index is 0.168. The lowest BCUT2D eigenvalue weighted by molar-refractivity contribution is -0.137. The summed E-state index contributed by atoms with van der Waals surface area (Å²) in [6, 6.07) is 5.58. The number of carbonyl (C=O) groups is 1. The fourth-order valence-electron chi connectivity index (χ4n) is 1.54. The van der Waals surface area contributed by atoms with Crippen molar-refractivity contribution in [2.75, 3.05) is 0 Å². The van der Waals surface area contributed by atoms with Crippen molar-refractivity contribution in [3.63, 3.8) is 0 Å². The summed E-state index contributed by atoms with van der Waals surface area (Å²) in [4.78, 5) is 14.8. The molecule has 0 aliphatic carbocycles. The average molecular weight is 225 g/mol. The van der Waals surface area contributed by atoms with E-state index in [0.29, 0.717) is 0 Å². The zero-order chi connectivity index (χ0) is 11.0. The Morgan fingerprint density at radius 2 is 2.33 bits per heavy atom. The van der Waals surface area contributed by atoms with Crippen LogP contribution >= 0.6 is 11.6 Å². The van der Waals surface area contributed by atoms with Gasteiger partial charge in [-0.05, 0) is 30.2 Å². The molecular formula is C10H9ClN2O2. The van der Waals surface area contributed by atoms with Gasteiger partial charge < -0.3 is 9.67 Å². The number of aromatic nitrogens is 2. The number of halogens is 1. The number of imidazole rings is 1. The van der Waals surface area contributed by atoms with Gasteiger partial charge in [-0.25, -0.2) is 4.98 Å². The number of para-hydroxylation sites is 1. The molecule has 1 aromatic heterocycles. The van der Waals surface area contributed by atoms with Crippen LogP contribution in [0.5, 0.6) is 0 Å². The van der Waals surface area contributed by atoms with E-state index >= 15 is 0 Å². The van der Waals surface area contributed by atoms with E-state index in [1.165, 1.54) is 4.57 Å². The van der Waals surface area contributed by atoms with Crippen molar-refractivity contribution in [1.82, 2.24) is 9.55 Å². The van der Waals surface area contributed by atoms with E-state index in [2.05, 4.69) is 4.98 Å². The smallest absolute Gasteiger partial charge is 0.323 e. The minimum Gasteiger partial charge on any atom is -0.480 e. The number of carboxylic acid groups (broad SMARTS) is 1. The van der Waals surface area contributed by atoms with Crippen LogP contribution in [0.15, 0.2) is 18.2 Å². The fraction of sp³-hybridized carbons (Fsp3) is 0.200. The van der Waals surface area contributed by atoms with Crippen LogP contribution in [0.3, 0.4) is 0 Å². The monoisotopic (exact) mass is 224 g/mol. The van der Waals surface area contributed by atoms with E-state index in [0.717, 1.165) is 16.6 Å². The van der Waals surface area contributed by atoms with E-state index in [1.54, 1.807) is 0 Å². The van der Waals surface area contributed by atoms with Gasteiger partial charge in [0, 0.05) is 0 Å². The summed E-state index contributed by atoms with van der Waals surface area (Å²) in [7, 11) is 0. The molecule has 4 nitrogen and oxygen atoms in total. The lowest BCUT2D eigenvalue weighted by Gasteiger charge is -2.01. The maximum Gasteiger partial charge on any atom is 0.323 e. The molecule has 0 bridgehead atoms. The zero-order valence-electron chi connectivity index (χ0n) is 8.07. The van der Waals surface area contributed by atoms with E-state index in [4.69, 9.17) is 16.7 Å². The first-order chi connectivity index (χ1) is 7.09. The molecule has 0 aliphatic rings. The quantitative estimate of drug-likeness (QED) is 0.850. The third-order valence-electron chi connectivity index (χ3n) is 2.23. The van der Waals surface area contributed by atoms with Gasteiger partial charge in [0.25, 0.3) is 0 Å². The highest BCUT2D eigenvalue weighted by molar-refractivity contribution is 6.29. The van der Waals surface area contributed by atoms with Crippen molar-refractivity contribution in [2.24, 2.45) is 0 Å². The summed E-state index contributed by atoms with van der Waals surface area (Å²) < 4.78 is 1.48. The average Bonchev–Trinajstić information content (AvgIpc) is 2.45. The Hall–Kier alpha value is -1.55. The van der Waals surface area contributed by atoms with Crippen LogP contribution in [0, 0.1) is 6.92 Å². The van der Waals surface area contributed by atoms with Gasteiger partial charge in [-0.15, -0.1) is 0 Å². The molecule has 0 spiro atoms. The maximum absolute atomic E-state index is 10.6. The van der Waals surface area contributed by atoms with Gasteiger partial charge in [-0.2, -0.15) is 0 Å². The predicted octanol–water partition coefficient (Wildman–Crippen LogP) is 2.08. The second-order valence-corrected chi connectivity index (χ2v) is 3.64. The van der Waals surface area contributed by atoms with E-state index < -0.39 is 5.97 Å². The first kappa shape index (κ1) is 9.98. The summed E-state index contributed by atoms with van der Waals surface area (Å²) in [6.07, 6.45) is 0. The largest absolute Gasteiger partial charge is 0.480 e. The highest BCUT2D eigenvalue weighted by Gasteiger charge is 2.12. The SMILES string of the molecule is Cc1cccc2c1nc(Cl)n2CC(=O)O. The molecule has 1 aromatic carbocycles. The molecule has 0 amide bonds. The topological polar surface area (TPSA) is 55.1 Å². The van der Waals surface area contributed by atoms with Gasteiger partial charge >= 0.3 is 5.97 Å². The summed E-state index contributed by atoms with van der Waals surface area (Å²) in [6.45, 7) is 1.75. The van der Waals surface area contributed by atoms with E-state index in [-0.39, 0.29) is 11.8 Å². The molecule has 1 N–H and O–H groups in total. The molecule has 0 saturated heterocycles. The Balaban J connectivity index is 2.68. The number of carboxylic acids is 1. The number of benzene rings is 1. The molecule has 1 heterocycles. The van der Waals surface area contributed by atoms with Gasteiger partial charge in [0.15, 0.2) is 0 Å². The lowest BCUT2D eigenvalue weighted by Crippen LogP contribution is -2.08. The molecule has 2 rings (SSSR count). The number of nitrogens with zero attached hydrogens (tertiary/aromatic N) is 2. The first-order valence-electron chi connectivity index (χ1n) is 4.42. The molecule has 0 saturated carbocycles. The van der Waals surface area contributed by atoms with Crippen molar-refractivity contribution >= 4 is 28.6 Å². The molecular weight excluding hydrogens is 216 g/mol. The first-order valence-corrected chi connectivity index (χ1v) is 4.80. The van der Waals surface area contributed by atoms with Crippen molar-refractivity contribution in [3.05, 3.63) is 29.0 Å². The van der Waals surface area contributed by atoms with Crippen molar-refractivity contribution in [2.45, 2.75) is 13.5 Å². The van der Waals surface area contributed by atoms with Crippen molar-refractivity contribution < 1.29 is 9.90 Å². The Morgan fingerprint density at radius 1 is 1.60 bits per heavy atom. The van der Waals surface area contributed by atoms with Crippen molar-refractivity contribution in [3.8, 4) is 0 Å². The number of rotatable bonds is 2. The van der Waals surface area contributed by atoms with Gasteiger partial charge in [-0.3, -0.25) is 4.79 Å². The fourth-order valence-corrected chi connectivity index (χ4v) is 1.78. The predicted molar refractivity (Wildman–Crippen MR) is 57.1 cm³/mol. The molecule has 2 aromatic rings. The van der Waals surface area contributed by atoms with Gasteiger partial charge in [0.2, 0.25) is 5.28 Å². The normalized spacial score (nSPS) is 10.8. The maximum atomic E-state index is 10.6. The second kappa shape index (κ2) is 3.55. The number of hydrogen-bond acceptors (Lipinski definition) is 2. The Labute approximate surface area is 91.1 Å². The number of aliphatic carboxylic acids is 1. The highest BCUT2D eigenvalue weighted by atomic mass is 35.5. The summed E-state index contributed by atoms with van der Waals surface area (Å²) >= 11 is 5.87. The van der Waals surface area contributed by atoms with Gasteiger partial charge in [0.05, 0.1) is 11.0 Å². The highest BCUT2D eigenvalue weighted by Crippen LogP contribution is 2.22. The van der Waals surface area contributed by atoms with Crippen molar-refractivity contribution in [1.29, 1.82) is 0 Å². The lowest BCUT2D eigenvalue weighted by atomic mass is 10.2. The van der Waals surface area contributed by atoms with Crippen LogP contribution in [0.4, 0.5) is 0 Å². The Kier molecular flexibility index (Phi) is 2.36. The van der Waals surface area contributed by atoms with Gasteiger partial charge in [-0.1, -0.05) is 12.1 Å². The van der Waals surface area contributed by atoms with E-state index in [1.807, 2.05) is 25.1 Å². The number of fused-ring (bicyclic) bond motifs is 1. The van der Waals surface area contributed by atoms with Crippen LogP contribution in [-0.2, 0) is 11.3 Å². The second-order valence-electron chi connectivity index (χ2n) is 3.30. The standard InChI is InChI=1S/C10H9ClN2O2/c1-6-3-2-4-7-9(6)12-10(11)13(7)5-8(14)15/h2-4H,5H2,1H3,(H,14,15). The van der Waals surface area contributed by atoms with Crippen LogP contribution < -0.4 is 0 Å². The zero-order valence-corrected chi connectivity index (χ0v) is 8.82. The minimum atomic E-state index is -0.933. The van der Waals surface area contributed by atoms with Crippen LogP contribution in [0.1, 0.15) is 5.56 Å². The van der Waals surface area contributed by atoms with E-state index in [9.17, 15) is 4.79 Å². The number of aryl methyl sites for hydroxylation is 1. The third kappa shape index (κ3) is 1.68. The molecule has 0 fully saturated rings. The molecule has 0 aliphatic heterocycles. The molecule has 0 radical (unpaired) electrons. The Morgan fingerprint density at radius 3 is 3.00 bits per heavy atom. The molecule has 78 valence electrons. The summed E-state index contributed by atoms with van der Waals surface area (Å²) in [5.41, 5.74) is 2.49. The Bertz CT molecular complexity index is 533. The molecule has 5 heteroatoms.